The molecule has 1 aliphatic rings. The Labute approximate surface area is 164 Å². The van der Waals surface area contributed by atoms with Gasteiger partial charge in [0.25, 0.3) is 11.5 Å². The fraction of sp³-hybridized carbons (Fsp3) is 0.100. The first kappa shape index (κ1) is 18.2. The molecule has 3 heterocycles. The zero-order valence-electron chi connectivity index (χ0n) is 15.1. The highest BCUT2D eigenvalue weighted by atomic mass is 16.3. The van der Waals surface area contributed by atoms with E-state index >= 15 is 0 Å². The molecule has 0 saturated heterocycles. The van der Waals surface area contributed by atoms with Crippen LogP contribution in [0.15, 0.2) is 86.4 Å². The Morgan fingerprint density at radius 2 is 1.97 bits per heavy atom. The Balaban J connectivity index is 1.54. The molecule has 1 aliphatic heterocycles. The molecule has 0 radical (unpaired) electrons. The van der Waals surface area contributed by atoms with Crippen LogP contribution >= 0.6 is 0 Å². The molecule has 9 nitrogen and oxygen atoms in total. The molecular formula is C20H15N5O4. The predicted molar refractivity (Wildman–Crippen MR) is 103 cm³/mol. The molecule has 1 aromatic carbocycles. The number of anilines is 1. The average molecular weight is 389 g/mol. The number of benzene rings is 1. The minimum atomic E-state index is -0.479. The number of carbonyl (C=O) groups is 2. The van der Waals surface area contributed by atoms with Gasteiger partial charge in [0.05, 0.1) is 6.26 Å². The van der Waals surface area contributed by atoms with Gasteiger partial charge in [-0.1, -0.05) is 18.2 Å². The van der Waals surface area contributed by atoms with Crippen molar-refractivity contribution < 1.29 is 14.0 Å². The van der Waals surface area contributed by atoms with E-state index in [-0.39, 0.29) is 6.54 Å². The van der Waals surface area contributed by atoms with Crippen molar-refractivity contribution in [3.05, 3.63) is 82.9 Å². The van der Waals surface area contributed by atoms with Crippen molar-refractivity contribution in [1.82, 2.24) is 9.78 Å². The van der Waals surface area contributed by atoms with E-state index in [1.165, 1.54) is 24.5 Å². The minimum Gasteiger partial charge on any atom is -0.463 e. The van der Waals surface area contributed by atoms with Gasteiger partial charge in [-0.2, -0.15) is 10.2 Å². The Kier molecular flexibility index (Phi) is 4.93. The summed E-state index contributed by atoms with van der Waals surface area (Å²) < 4.78 is 6.34. The van der Waals surface area contributed by atoms with Gasteiger partial charge in [-0.15, -0.1) is 5.11 Å². The molecule has 0 aliphatic carbocycles. The Bertz CT molecular complexity index is 1160. The van der Waals surface area contributed by atoms with Crippen LogP contribution in [0.4, 0.5) is 5.69 Å². The minimum absolute atomic E-state index is 0.276. The zero-order chi connectivity index (χ0) is 20.2. The zero-order valence-corrected chi connectivity index (χ0v) is 15.1. The maximum absolute atomic E-state index is 12.6. The number of rotatable bonds is 5. The summed E-state index contributed by atoms with van der Waals surface area (Å²) >= 11 is 0. The molecule has 1 unspecified atom stereocenters. The highest BCUT2D eigenvalue weighted by Gasteiger charge is 2.17. The second-order valence-electron chi connectivity index (χ2n) is 6.18. The van der Waals surface area contributed by atoms with Crippen molar-refractivity contribution in [2.24, 2.45) is 10.2 Å². The monoisotopic (exact) mass is 389 g/mol. The molecule has 0 bridgehead atoms. The number of nitrogens with one attached hydrogen (secondary N) is 1. The van der Waals surface area contributed by atoms with E-state index < -0.39 is 23.4 Å². The summed E-state index contributed by atoms with van der Waals surface area (Å²) in [4.78, 5) is 35.8. The third kappa shape index (κ3) is 4.08. The second-order valence-corrected chi connectivity index (χ2v) is 6.18. The van der Waals surface area contributed by atoms with Crippen LogP contribution in [0.3, 0.4) is 0 Å². The number of hydrogen-bond donors (Lipinski definition) is 1. The summed E-state index contributed by atoms with van der Waals surface area (Å²) in [6, 6.07) is 12.9. The summed E-state index contributed by atoms with van der Waals surface area (Å²) in [6.45, 7) is -0.276. The number of hydrogen-bond acceptors (Lipinski definition) is 6. The molecular weight excluding hydrogens is 374 g/mol. The SMILES string of the molecule is O=C1C=CC(c2ccccc2NC(=O)Cn2nc(-c3ccco3)ccc2=O)N=N1. The standard InChI is InChI=1S/C20H15N5O4/c26-18-9-7-15(22-23-18)13-4-1-2-5-14(13)21-19(27)12-25-20(28)10-8-16(24-25)17-6-3-11-29-17/h1-11,15H,12H2,(H,21,27). The van der Waals surface area contributed by atoms with Crippen molar-refractivity contribution in [1.29, 1.82) is 0 Å². The lowest BCUT2D eigenvalue weighted by Gasteiger charge is -2.15. The molecule has 1 N–H and O–H groups in total. The van der Waals surface area contributed by atoms with Gasteiger partial charge in [0, 0.05) is 23.4 Å². The van der Waals surface area contributed by atoms with Gasteiger partial charge >= 0.3 is 0 Å². The van der Waals surface area contributed by atoms with Crippen molar-refractivity contribution in [3.8, 4) is 11.5 Å². The predicted octanol–water partition coefficient (Wildman–Crippen LogP) is 2.73. The van der Waals surface area contributed by atoms with Crippen LogP contribution < -0.4 is 10.9 Å². The summed E-state index contributed by atoms with van der Waals surface area (Å²) in [7, 11) is 0. The topological polar surface area (TPSA) is 119 Å². The Hall–Kier alpha value is -4.14. The molecule has 0 spiro atoms. The number of aromatic nitrogens is 2. The molecule has 0 fully saturated rings. The highest BCUT2D eigenvalue weighted by Crippen LogP contribution is 2.28. The van der Waals surface area contributed by atoms with E-state index in [2.05, 4.69) is 20.6 Å². The average Bonchev–Trinajstić information content (AvgIpc) is 3.26. The lowest BCUT2D eigenvalue weighted by Crippen LogP contribution is -2.29. The van der Waals surface area contributed by atoms with Crippen molar-refractivity contribution in [2.75, 3.05) is 5.32 Å². The number of para-hydroxylation sites is 1. The molecule has 4 rings (SSSR count). The van der Waals surface area contributed by atoms with Crippen molar-refractivity contribution in [2.45, 2.75) is 12.6 Å². The van der Waals surface area contributed by atoms with E-state index in [4.69, 9.17) is 4.42 Å². The first-order chi connectivity index (χ1) is 14.1. The Morgan fingerprint density at radius 1 is 1.10 bits per heavy atom. The smallest absolute Gasteiger partial charge is 0.287 e. The third-order valence-electron chi connectivity index (χ3n) is 4.19. The molecule has 0 saturated carbocycles. The number of azo groups is 1. The fourth-order valence-electron chi connectivity index (χ4n) is 2.84. The number of carbonyl (C=O) groups excluding carboxylic acids is 2. The van der Waals surface area contributed by atoms with Crippen LogP contribution in [0.1, 0.15) is 11.6 Å². The van der Waals surface area contributed by atoms with Crippen molar-refractivity contribution in [3.63, 3.8) is 0 Å². The number of amides is 2. The van der Waals surface area contributed by atoms with E-state index in [1.54, 1.807) is 42.5 Å². The largest absolute Gasteiger partial charge is 0.463 e. The molecule has 144 valence electrons. The lowest BCUT2D eigenvalue weighted by molar-refractivity contribution is -0.117. The maximum atomic E-state index is 12.6. The van der Waals surface area contributed by atoms with Crippen LogP contribution in [0.5, 0.6) is 0 Å². The van der Waals surface area contributed by atoms with Gasteiger partial charge < -0.3 is 9.73 Å². The molecule has 29 heavy (non-hydrogen) atoms. The van der Waals surface area contributed by atoms with Crippen LogP contribution in [-0.2, 0) is 16.1 Å². The molecule has 1 atom stereocenters. The summed E-state index contributed by atoms with van der Waals surface area (Å²) in [5.74, 6) is -0.366. The highest BCUT2D eigenvalue weighted by molar-refractivity contribution is 5.92. The van der Waals surface area contributed by atoms with Crippen LogP contribution in [0, 0.1) is 0 Å². The van der Waals surface area contributed by atoms with Crippen LogP contribution in [0.2, 0.25) is 0 Å². The van der Waals surface area contributed by atoms with E-state index in [9.17, 15) is 14.4 Å². The first-order valence-electron chi connectivity index (χ1n) is 8.74. The molecule has 3 aromatic rings. The molecule has 2 amide bonds. The van der Waals surface area contributed by atoms with Crippen molar-refractivity contribution >= 4 is 17.5 Å². The van der Waals surface area contributed by atoms with Gasteiger partial charge in [0.1, 0.15) is 18.3 Å². The summed E-state index contributed by atoms with van der Waals surface area (Å²) in [5.41, 5.74) is 1.22. The van der Waals surface area contributed by atoms with Gasteiger partial charge in [0.15, 0.2) is 5.76 Å². The molecule has 9 heteroatoms. The summed E-state index contributed by atoms with van der Waals surface area (Å²) in [6.07, 6.45) is 4.44. The van der Waals surface area contributed by atoms with E-state index in [0.29, 0.717) is 22.7 Å². The van der Waals surface area contributed by atoms with Gasteiger partial charge in [-0.25, -0.2) is 4.68 Å². The van der Waals surface area contributed by atoms with Gasteiger partial charge in [-0.05, 0) is 30.3 Å². The maximum Gasteiger partial charge on any atom is 0.287 e. The third-order valence-corrected chi connectivity index (χ3v) is 4.19. The van der Waals surface area contributed by atoms with Crippen LogP contribution in [-0.4, -0.2) is 21.6 Å². The van der Waals surface area contributed by atoms with Crippen LogP contribution in [0.25, 0.3) is 11.5 Å². The quantitative estimate of drug-likeness (QED) is 0.720. The number of furan rings is 1. The lowest BCUT2D eigenvalue weighted by atomic mass is 10.0. The first-order valence-corrected chi connectivity index (χ1v) is 8.74. The number of nitrogens with zero attached hydrogens (tertiary/aromatic N) is 4. The second kappa shape index (κ2) is 7.85. The normalized spacial score (nSPS) is 15.4. The van der Waals surface area contributed by atoms with E-state index in [0.717, 1.165) is 4.68 Å². The fourth-order valence-corrected chi connectivity index (χ4v) is 2.84. The van der Waals surface area contributed by atoms with Gasteiger partial charge in [0.2, 0.25) is 5.91 Å². The summed E-state index contributed by atoms with van der Waals surface area (Å²) in [5, 5.41) is 14.4. The van der Waals surface area contributed by atoms with Gasteiger partial charge in [-0.3, -0.25) is 14.4 Å². The Morgan fingerprint density at radius 3 is 2.72 bits per heavy atom. The van der Waals surface area contributed by atoms with E-state index in [1.807, 2.05) is 0 Å². The molecule has 2 aromatic heterocycles.